The first-order chi connectivity index (χ1) is 7.47. The van der Waals surface area contributed by atoms with E-state index >= 15 is 0 Å². The van der Waals surface area contributed by atoms with Gasteiger partial charge in [-0.05, 0) is 12.0 Å². The molecule has 0 fully saturated rings. The van der Waals surface area contributed by atoms with Crippen LogP contribution in [0.4, 0.5) is 0 Å². The number of nitrogens with zero attached hydrogens (tertiary/aromatic N) is 1. The molecule has 0 aliphatic rings. The SMILES string of the molecule is CS(=O)(=O)NC(N)=NCCc1ccccc1. The average Bonchev–Trinajstić information content (AvgIpc) is 2.16. The summed E-state index contributed by atoms with van der Waals surface area (Å²) in [5.74, 6) is -0.0709. The first-order valence-electron chi connectivity index (χ1n) is 4.79. The lowest BCUT2D eigenvalue weighted by Crippen LogP contribution is -2.36. The van der Waals surface area contributed by atoms with Gasteiger partial charge in [-0.3, -0.25) is 9.71 Å². The van der Waals surface area contributed by atoms with Crippen LogP contribution in [0.15, 0.2) is 35.3 Å². The van der Waals surface area contributed by atoms with Gasteiger partial charge in [-0.25, -0.2) is 8.42 Å². The number of nitrogens with one attached hydrogen (secondary N) is 1. The van der Waals surface area contributed by atoms with E-state index in [1.807, 2.05) is 30.3 Å². The van der Waals surface area contributed by atoms with Crippen LogP contribution >= 0.6 is 0 Å². The van der Waals surface area contributed by atoms with Gasteiger partial charge in [-0.15, -0.1) is 0 Å². The first kappa shape index (κ1) is 12.5. The molecule has 0 aromatic heterocycles. The zero-order chi connectivity index (χ0) is 12.0. The number of rotatable bonds is 4. The van der Waals surface area contributed by atoms with Crippen molar-refractivity contribution in [2.24, 2.45) is 10.7 Å². The summed E-state index contributed by atoms with van der Waals surface area (Å²) in [7, 11) is -3.32. The van der Waals surface area contributed by atoms with Gasteiger partial charge in [-0.1, -0.05) is 30.3 Å². The van der Waals surface area contributed by atoms with Gasteiger partial charge in [0.2, 0.25) is 16.0 Å². The largest absolute Gasteiger partial charge is 0.369 e. The van der Waals surface area contributed by atoms with Crippen LogP contribution < -0.4 is 10.5 Å². The summed E-state index contributed by atoms with van der Waals surface area (Å²) in [6.07, 6.45) is 1.76. The molecule has 1 aromatic carbocycles. The van der Waals surface area contributed by atoms with Gasteiger partial charge in [0, 0.05) is 6.54 Å². The third kappa shape index (κ3) is 5.35. The summed E-state index contributed by atoms with van der Waals surface area (Å²) in [4.78, 5) is 3.91. The Bertz CT molecular complexity index is 454. The molecule has 0 amide bonds. The van der Waals surface area contributed by atoms with Crippen LogP contribution in [-0.2, 0) is 16.4 Å². The Hall–Kier alpha value is -1.56. The second-order valence-electron chi connectivity index (χ2n) is 3.38. The lowest BCUT2D eigenvalue weighted by atomic mass is 10.2. The third-order valence-corrected chi connectivity index (χ3v) is 2.40. The van der Waals surface area contributed by atoms with E-state index in [-0.39, 0.29) is 5.96 Å². The third-order valence-electron chi connectivity index (χ3n) is 1.82. The zero-order valence-electron chi connectivity index (χ0n) is 9.05. The van der Waals surface area contributed by atoms with Gasteiger partial charge in [-0.2, -0.15) is 0 Å². The molecule has 0 heterocycles. The number of hydrogen-bond acceptors (Lipinski definition) is 3. The summed E-state index contributed by atoms with van der Waals surface area (Å²) in [6, 6.07) is 9.78. The van der Waals surface area contributed by atoms with E-state index in [9.17, 15) is 8.42 Å². The van der Waals surface area contributed by atoms with Crippen LogP contribution in [0.25, 0.3) is 0 Å². The maximum absolute atomic E-state index is 10.8. The van der Waals surface area contributed by atoms with E-state index in [0.29, 0.717) is 6.54 Å². The number of hydrogen-bond donors (Lipinski definition) is 2. The van der Waals surface area contributed by atoms with Crippen molar-refractivity contribution in [3.63, 3.8) is 0 Å². The fourth-order valence-electron chi connectivity index (χ4n) is 1.17. The molecule has 5 nitrogen and oxygen atoms in total. The van der Waals surface area contributed by atoms with Crippen molar-refractivity contribution in [3.05, 3.63) is 35.9 Å². The number of benzene rings is 1. The Morgan fingerprint density at radius 2 is 2.00 bits per heavy atom. The molecule has 0 spiro atoms. The van der Waals surface area contributed by atoms with E-state index in [1.165, 1.54) is 0 Å². The Kier molecular flexibility index (Phi) is 4.30. The van der Waals surface area contributed by atoms with Crippen LogP contribution in [0.2, 0.25) is 0 Å². The van der Waals surface area contributed by atoms with Crippen molar-refractivity contribution in [1.29, 1.82) is 0 Å². The fourth-order valence-corrected chi connectivity index (χ4v) is 1.62. The first-order valence-corrected chi connectivity index (χ1v) is 6.68. The fraction of sp³-hybridized carbons (Fsp3) is 0.300. The average molecular weight is 241 g/mol. The van der Waals surface area contributed by atoms with Gasteiger partial charge in [0.15, 0.2) is 0 Å². The van der Waals surface area contributed by atoms with Gasteiger partial charge in [0.1, 0.15) is 0 Å². The highest BCUT2D eigenvalue weighted by Crippen LogP contribution is 1.99. The molecule has 1 rings (SSSR count). The van der Waals surface area contributed by atoms with Crippen LogP contribution in [0.5, 0.6) is 0 Å². The maximum atomic E-state index is 10.8. The number of guanidine groups is 1. The van der Waals surface area contributed by atoms with E-state index in [1.54, 1.807) is 0 Å². The predicted molar refractivity (Wildman–Crippen MR) is 64.6 cm³/mol. The molecule has 0 unspecified atom stereocenters. The van der Waals surface area contributed by atoms with Crippen molar-refractivity contribution < 1.29 is 8.42 Å². The lowest BCUT2D eigenvalue weighted by Gasteiger charge is -2.02. The molecule has 0 bridgehead atoms. The molecule has 1 aromatic rings. The topological polar surface area (TPSA) is 84.5 Å². The van der Waals surface area contributed by atoms with Crippen LogP contribution in [0.1, 0.15) is 5.56 Å². The Morgan fingerprint density at radius 1 is 1.38 bits per heavy atom. The highest BCUT2D eigenvalue weighted by molar-refractivity contribution is 7.89. The summed E-state index contributed by atoms with van der Waals surface area (Å²) in [5, 5.41) is 0. The number of nitrogens with two attached hydrogens (primary N) is 1. The van der Waals surface area contributed by atoms with E-state index in [0.717, 1.165) is 18.2 Å². The minimum atomic E-state index is -3.32. The summed E-state index contributed by atoms with van der Waals surface area (Å²) < 4.78 is 23.7. The standard InChI is InChI=1S/C10H15N3O2S/c1-16(14,15)13-10(11)12-8-7-9-5-3-2-4-6-9/h2-6H,7-8H2,1H3,(H3,11,12,13). The smallest absolute Gasteiger partial charge is 0.232 e. The minimum Gasteiger partial charge on any atom is -0.369 e. The van der Waals surface area contributed by atoms with Crippen molar-refractivity contribution >= 4 is 16.0 Å². The van der Waals surface area contributed by atoms with Gasteiger partial charge < -0.3 is 5.73 Å². The molecule has 3 N–H and O–H groups in total. The Morgan fingerprint density at radius 3 is 2.56 bits per heavy atom. The highest BCUT2D eigenvalue weighted by atomic mass is 32.2. The van der Waals surface area contributed by atoms with Crippen LogP contribution in [0, 0.1) is 0 Å². The molecule has 0 aliphatic heterocycles. The summed E-state index contributed by atoms with van der Waals surface area (Å²) in [6.45, 7) is 0.457. The van der Waals surface area contributed by atoms with E-state index < -0.39 is 10.0 Å². The summed E-state index contributed by atoms with van der Waals surface area (Å²) >= 11 is 0. The molecule has 0 saturated heterocycles. The molecule has 0 radical (unpaired) electrons. The van der Waals surface area contributed by atoms with E-state index in [4.69, 9.17) is 5.73 Å². The molecule has 0 aliphatic carbocycles. The molecule has 0 saturated carbocycles. The Balaban J connectivity index is 2.43. The van der Waals surface area contributed by atoms with Gasteiger partial charge in [0.05, 0.1) is 6.26 Å². The second-order valence-corrected chi connectivity index (χ2v) is 5.13. The van der Waals surface area contributed by atoms with Crippen LogP contribution in [-0.4, -0.2) is 27.2 Å². The quantitative estimate of drug-likeness (QED) is 0.579. The van der Waals surface area contributed by atoms with Gasteiger partial charge in [0.25, 0.3) is 0 Å². The lowest BCUT2D eigenvalue weighted by molar-refractivity contribution is 0.598. The normalized spacial score (nSPS) is 12.4. The van der Waals surface area contributed by atoms with Gasteiger partial charge >= 0.3 is 0 Å². The number of sulfonamides is 1. The molecule has 16 heavy (non-hydrogen) atoms. The molecule has 6 heteroatoms. The van der Waals surface area contributed by atoms with E-state index in [2.05, 4.69) is 9.71 Å². The summed E-state index contributed by atoms with van der Waals surface area (Å²) in [5.41, 5.74) is 6.52. The van der Waals surface area contributed by atoms with Crippen molar-refractivity contribution in [1.82, 2.24) is 4.72 Å². The highest BCUT2D eigenvalue weighted by Gasteiger charge is 2.01. The molecular formula is C10H15N3O2S. The molecular weight excluding hydrogens is 226 g/mol. The molecule has 0 atom stereocenters. The minimum absolute atomic E-state index is 0.0709. The van der Waals surface area contributed by atoms with Crippen molar-refractivity contribution in [2.45, 2.75) is 6.42 Å². The number of aliphatic imine (C=N–C) groups is 1. The monoisotopic (exact) mass is 241 g/mol. The van der Waals surface area contributed by atoms with Crippen LogP contribution in [0.3, 0.4) is 0 Å². The second kappa shape index (κ2) is 5.50. The maximum Gasteiger partial charge on any atom is 0.232 e. The zero-order valence-corrected chi connectivity index (χ0v) is 9.87. The molecule has 88 valence electrons. The van der Waals surface area contributed by atoms with Crippen molar-refractivity contribution in [2.75, 3.05) is 12.8 Å². The van der Waals surface area contributed by atoms with Crippen molar-refractivity contribution in [3.8, 4) is 0 Å². The predicted octanol–water partition coefficient (Wildman–Crippen LogP) is 0.0930. The Labute approximate surface area is 95.4 Å².